The van der Waals surface area contributed by atoms with Gasteiger partial charge in [-0.25, -0.2) is 17.2 Å². The molecule has 0 aromatic heterocycles. The van der Waals surface area contributed by atoms with Crippen molar-refractivity contribution >= 4 is 15.7 Å². The van der Waals surface area contributed by atoms with E-state index in [2.05, 4.69) is 0 Å². The lowest BCUT2D eigenvalue weighted by atomic mass is 10.2. The van der Waals surface area contributed by atoms with Crippen molar-refractivity contribution in [1.82, 2.24) is 0 Å². The predicted octanol–water partition coefficient (Wildman–Crippen LogP) is 3.07. The molecule has 19 heavy (non-hydrogen) atoms. The standard InChI is InChI=1S/C13H11F2NO2S/c1-9-6-7-12(11(15)8-9)16-19(17,18)13-5-3-2-4-10(13)14/h2-8,16H,1H3. The van der Waals surface area contributed by atoms with Gasteiger partial charge in [-0.2, -0.15) is 0 Å². The Bertz CT molecular complexity index is 714. The number of aryl methyl sites for hydroxylation is 1. The monoisotopic (exact) mass is 283 g/mol. The molecule has 100 valence electrons. The van der Waals surface area contributed by atoms with Crippen molar-refractivity contribution in [2.45, 2.75) is 11.8 Å². The van der Waals surface area contributed by atoms with Gasteiger partial charge in [0.05, 0.1) is 5.69 Å². The average molecular weight is 283 g/mol. The SMILES string of the molecule is Cc1ccc(NS(=O)(=O)c2ccccc2F)c(F)c1. The number of benzene rings is 2. The Hall–Kier alpha value is -1.95. The zero-order valence-corrected chi connectivity index (χ0v) is 10.8. The Labute approximate surface area is 109 Å². The van der Waals surface area contributed by atoms with Crippen molar-refractivity contribution < 1.29 is 17.2 Å². The van der Waals surface area contributed by atoms with Crippen LogP contribution in [0.5, 0.6) is 0 Å². The van der Waals surface area contributed by atoms with Crippen LogP contribution in [0.25, 0.3) is 0 Å². The van der Waals surface area contributed by atoms with E-state index >= 15 is 0 Å². The lowest BCUT2D eigenvalue weighted by molar-refractivity contribution is 0.569. The van der Waals surface area contributed by atoms with Crippen LogP contribution in [0.4, 0.5) is 14.5 Å². The lowest BCUT2D eigenvalue weighted by Gasteiger charge is -2.09. The molecule has 0 aliphatic heterocycles. The third-order valence-electron chi connectivity index (χ3n) is 2.50. The van der Waals surface area contributed by atoms with Gasteiger partial charge in [0, 0.05) is 0 Å². The van der Waals surface area contributed by atoms with Crippen LogP contribution in [0.2, 0.25) is 0 Å². The summed E-state index contributed by atoms with van der Waals surface area (Å²) < 4.78 is 52.9. The molecule has 2 aromatic carbocycles. The second kappa shape index (κ2) is 4.97. The zero-order valence-electron chi connectivity index (χ0n) is 10.0. The topological polar surface area (TPSA) is 46.2 Å². The third kappa shape index (κ3) is 2.90. The Morgan fingerprint density at radius 3 is 2.32 bits per heavy atom. The first-order chi connectivity index (χ1) is 8.90. The van der Waals surface area contributed by atoms with Crippen LogP contribution in [-0.4, -0.2) is 8.42 Å². The smallest absolute Gasteiger partial charge is 0.264 e. The Morgan fingerprint density at radius 2 is 1.68 bits per heavy atom. The lowest BCUT2D eigenvalue weighted by Crippen LogP contribution is -2.15. The molecule has 2 rings (SSSR count). The minimum absolute atomic E-state index is 0.214. The number of rotatable bonds is 3. The van der Waals surface area contributed by atoms with E-state index in [1.165, 1.54) is 24.3 Å². The van der Waals surface area contributed by atoms with Gasteiger partial charge in [0.2, 0.25) is 0 Å². The van der Waals surface area contributed by atoms with Gasteiger partial charge < -0.3 is 0 Å². The highest BCUT2D eigenvalue weighted by Crippen LogP contribution is 2.21. The van der Waals surface area contributed by atoms with Crippen LogP contribution in [0.15, 0.2) is 47.4 Å². The number of hydrogen-bond donors (Lipinski definition) is 1. The van der Waals surface area contributed by atoms with Crippen LogP contribution in [0.1, 0.15) is 5.56 Å². The number of hydrogen-bond acceptors (Lipinski definition) is 2. The van der Waals surface area contributed by atoms with Gasteiger partial charge in [-0.15, -0.1) is 0 Å². The molecule has 0 unspecified atom stereocenters. The molecule has 0 aliphatic rings. The number of nitrogens with one attached hydrogen (secondary N) is 1. The fraction of sp³-hybridized carbons (Fsp3) is 0.0769. The average Bonchev–Trinajstić information content (AvgIpc) is 2.33. The maximum Gasteiger partial charge on any atom is 0.264 e. The van der Waals surface area contributed by atoms with E-state index in [0.29, 0.717) is 5.56 Å². The summed E-state index contributed by atoms with van der Waals surface area (Å²) in [5.41, 5.74) is 0.445. The normalized spacial score (nSPS) is 11.3. The molecule has 0 fully saturated rings. The molecular weight excluding hydrogens is 272 g/mol. The van der Waals surface area contributed by atoms with Gasteiger partial charge in [-0.05, 0) is 36.8 Å². The van der Waals surface area contributed by atoms with Crippen LogP contribution in [0.3, 0.4) is 0 Å². The van der Waals surface area contributed by atoms with Crippen LogP contribution in [-0.2, 0) is 10.0 Å². The van der Waals surface area contributed by atoms with E-state index in [-0.39, 0.29) is 5.69 Å². The van der Waals surface area contributed by atoms with E-state index in [0.717, 1.165) is 12.1 Å². The number of anilines is 1. The summed E-state index contributed by atoms with van der Waals surface area (Å²) in [7, 11) is -4.14. The molecule has 1 N–H and O–H groups in total. The third-order valence-corrected chi connectivity index (χ3v) is 3.89. The summed E-state index contributed by atoms with van der Waals surface area (Å²) in [5.74, 6) is -1.59. The second-order valence-electron chi connectivity index (χ2n) is 4.02. The van der Waals surface area contributed by atoms with Crippen molar-refractivity contribution in [3.8, 4) is 0 Å². The summed E-state index contributed by atoms with van der Waals surface area (Å²) in [4.78, 5) is -0.519. The van der Waals surface area contributed by atoms with E-state index in [1.807, 2.05) is 4.72 Å². The molecule has 2 aromatic rings. The molecule has 0 radical (unpaired) electrons. The minimum atomic E-state index is -4.14. The molecule has 0 saturated heterocycles. The van der Waals surface area contributed by atoms with E-state index < -0.39 is 26.6 Å². The van der Waals surface area contributed by atoms with E-state index in [1.54, 1.807) is 13.0 Å². The second-order valence-corrected chi connectivity index (χ2v) is 5.67. The van der Waals surface area contributed by atoms with Crippen molar-refractivity contribution in [3.05, 3.63) is 59.7 Å². The van der Waals surface area contributed by atoms with Gasteiger partial charge in [0.25, 0.3) is 10.0 Å². The van der Waals surface area contributed by atoms with Crippen LogP contribution >= 0.6 is 0 Å². The maximum absolute atomic E-state index is 13.6. The molecule has 0 aliphatic carbocycles. The van der Waals surface area contributed by atoms with Gasteiger partial charge in [0.1, 0.15) is 16.5 Å². The molecule has 3 nitrogen and oxygen atoms in total. The molecule has 6 heteroatoms. The van der Waals surface area contributed by atoms with E-state index in [9.17, 15) is 17.2 Å². The molecule has 0 heterocycles. The van der Waals surface area contributed by atoms with Crippen molar-refractivity contribution in [2.24, 2.45) is 0 Å². The van der Waals surface area contributed by atoms with Crippen LogP contribution < -0.4 is 4.72 Å². The molecular formula is C13H11F2NO2S. The summed E-state index contributed by atoms with van der Waals surface area (Å²) in [6, 6.07) is 8.96. The highest BCUT2D eigenvalue weighted by molar-refractivity contribution is 7.92. The summed E-state index contributed by atoms with van der Waals surface area (Å²) >= 11 is 0. The van der Waals surface area contributed by atoms with Crippen molar-refractivity contribution in [3.63, 3.8) is 0 Å². The van der Waals surface area contributed by atoms with Crippen molar-refractivity contribution in [2.75, 3.05) is 4.72 Å². The summed E-state index contributed by atoms with van der Waals surface area (Å²) in [6.07, 6.45) is 0. The number of sulfonamides is 1. The van der Waals surface area contributed by atoms with Crippen LogP contribution in [0, 0.1) is 18.6 Å². The fourth-order valence-corrected chi connectivity index (χ4v) is 2.71. The molecule has 0 atom stereocenters. The first kappa shape index (κ1) is 13.5. The number of halogens is 2. The van der Waals surface area contributed by atoms with Gasteiger partial charge in [-0.3, -0.25) is 4.72 Å². The Morgan fingerprint density at radius 1 is 1.00 bits per heavy atom. The predicted molar refractivity (Wildman–Crippen MR) is 68.3 cm³/mol. The first-order valence-electron chi connectivity index (χ1n) is 5.43. The highest BCUT2D eigenvalue weighted by Gasteiger charge is 2.19. The highest BCUT2D eigenvalue weighted by atomic mass is 32.2. The van der Waals surface area contributed by atoms with E-state index in [4.69, 9.17) is 0 Å². The molecule has 0 saturated carbocycles. The Kier molecular flexibility index (Phi) is 3.53. The fourth-order valence-electron chi connectivity index (χ4n) is 1.57. The Balaban J connectivity index is 2.40. The summed E-state index contributed by atoms with van der Waals surface area (Å²) in [5, 5.41) is 0. The summed E-state index contributed by atoms with van der Waals surface area (Å²) in [6.45, 7) is 1.68. The van der Waals surface area contributed by atoms with Gasteiger partial charge in [-0.1, -0.05) is 18.2 Å². The zero-order chi connectivity index (χ0) is 14.0. The molecule has 0 bridgehead atoms. The molecule has 0 amide bonds. The van der Waals surface area contributed by atoms with Gasteiger partial charge in [0.15, 0.2) is 0 Å². The minimum Gasteiger partial charge on any atom is -0.277 e. The first-order valence-corrected chi connectivity index (χ1v) is 6.92. The quantitative estimate of drug-likeness (QED) is 0.941. The van der Waals surface area contributed by atoms with Crippen molar-refractivity contribution in [1.29, 1.82) is 0 Å². The molecule has 0 spiro atoms. The largest absolute Gasteiger partial charge is 0.277 e. The maximum atomic E-state index is 13.6. The van der Waals surface area contributed by atoms with Gasteiger partial charge >= 0.3 is 0 Å².